The van der Waals surface area contributed by atoms with Crippen LogP contribution in [0.25, 0.3) is 0 Å². The summed E-state index contributed by atoms with van der Waals surface area (Å²) in [5, 5.41) is 0. The lowest BCUT2D eigenvalue weighted by Gasteiger charge is -2.44. The molecule has 8 nitrogen and oxygen atoms in total. The molecular formula is C14H22N4O4S. The number of aryl methyl sites for hydroxylation is 1. The van der Waals surface area contributed by atoms with Crippen molar-refractivity contribution in [2.75, 3.05) is 38.7 Å². The van der Waals surface area contributed by atoms with Gasteiger partial charge in [0.25, 0.3) is 0 Å². The Morgan fingerprint density at radius 3 is 2.65 bits per heavy atom. The van der Waals surface area contributed by atoms with Crippen LogP contribution in [0.2, 0.25) is 0 Å². The molecule has 2 aliphatic rings. The molecule has 1 aromatic rings. The molecule has 2 amide bonds. The molecule has 1 aromatic heterocycles. The van der Waals surface area contributed by atoms with Gasteiger partial charge in [-0.15, -0.1) is 0 Å². The SMILES string of the molecule is Cc1nc(CN2CCN(C(=O)N(C)C)[C@H]3CS(=O)(=O)C[C@H]32)co1. The first-order valence-electron chi connectivity index (χ1n) is 7.60. The second kappa shape index (κ2) is 5.79. The predicted molar refractivity (Wildman–Crippen MR) is 83.7 cm³/mol. The van der Waals surface area contributed by atoms with Crippen LogP contribution in [0.15, 0.2) is 10.7 Å². The minimum absolute atomic E-state index is 0.0333. The molecule has 2 aliphatic heterocycles. The van der Waals surface area contributed by atoms with Crippen molar-refractivity contribution < 1.29 is 17.6 Å². The molecule has 0 spiro atoms. The maximum absolute atomic E-state index is 12.3. The summed E-state index contributed by atoms with van der Waals surface area (Å²) >= 11 is 0. The van der Waals surface area contributed by atoms with Gasteiger partial charge in [0.2, 0.25) is 0 Å². The lowest BCUT2D eigenvalue weighted by atomic mass is 10.0. The maximum Gasteiger partial charge on any atom is 0.319 e. The van der Waals surface area contributed by atoms with Gasteiger partial charge < -0.3 is 14.2 Å². The summed E-state index contributed by atoms with van der Waals surface area (Å²) in [6, 6.07) is -0.611. The normalized spacial score (nSPS) is 27.0. The van der Waals surface area contributed by atoms with Gasteiger partial charge in [0.15, 0.2) is 15.7 Å². The first kappa shape index (κ1) is 16.3. The van der Waals surface area contributed by atoms with Gasteiger partial charge >= 0.3 is 6.03 Å². The van der Waals surface area contributed by atoms with Crippen LogP contribution in [-0.2, 0) is 16.4 Å². The third-order valence-electron chi connectivity index (χ3n) is 4.45. The van der Waals surface area contributed by atoms with E-state index in [1.165, 1.54) is 4.90 Å². The Kier molecular flexibility index (Phi) is 4.09. The van der Waals surface area contributed by atoms with Crippen LogP contribution >= 0.6 is 0 Å². The molecule has 0 bridgehead atoms. The van der Waals surface area contributed by atoms with E-state index in [0.717, 1.165) is 5.69 Å². The van der Waals surface area contributed by atoms with E-state index in [0.29, 0.717) is 25.5 Å². The summed E-state index contributed by atoms with van der Waals surface area (Å²) in [5.74, 6) is 0.717. The van der Waals surface area contributed by atoms with Crippen LogP contribution < -0.4 is 0 Å². The van der Waals surface area contributed by atoms with Crippen molar-refractivity contribution in [1.29, 1.82) is 0 Å². The van der Waals surface area contributed by atoms with Crippen molar-refractivity contribution in [3.8, 4) is 0 Å². The Balaban J connectivity index is 1.82. The van der Waals surface area contributed by atoms with E-state index < -0.39 is 9.84 Å². The average Bonchev–Trinajstić information content (AvgIpc) is 3.00. The highest BCUT2D eigenvalue weighted by Crippen LogP contribution is 2.28. The van der Waals surface area contributed by atoms with Crippen LogP contribution in [-0.4, -0.2) is 84.9 Å². The first-order chi connectivity index (χ1) is 10.8. The zero-order valence-corrected chi connectivity index (χ0v) is 14.4. The highest BCUT2D eigenvalue weighted by Gasteiger charge is 2.48. The molecule has 0 radical (unpaired) electrons. The smallest absolute Gasteiger partial charge is 0.319 e. The van der Waals surface area contributed by atoms with Gasteiger partial charge in [0, 0.05) is 46.7 Å². The minimum atomic E-state index is -3.14. The number of rotatable bonds is 2. The highest BCUT2D eigenvalue weighted by molar-refractivity contribution is 7.91. The van der Waals surface area contributed by atoms with E-state index in [4.69, 9.17) is 4.42 Å². The summed E-state index contributed by atoms with van der Waals surface area (Å²) in [5.41, 5.74) is 0.790. The number of aromatic nitrogens is 1. The lowest BCUT2D eigenvalue weighted by molar-refractivity contribution is 0.0513. The Hall–Kier alpha value is -1.61. The molecule has 23 heavy (non-hydrogen) atoms. The number of hydrogen-bond donors (Lipinski definition) is 0. The van der Waals surface area contributed by atoms with Crippen LogP contribution in [0.3, 0.4) is 0 Å². The summed E-state index contributed by atoms with van der Waals surface area (Å²) in [6.45, 7) is 3.46. The Morgan fingerprint density at radius 1 is 1.35 bits per heavy atom. The van der Waals surface area contributed by atoms with Crippen LogP contribution in [0, 0.1) is 6.92 Å². The fourth-order valence-corrected chi connectivity index (χ4v) is 5.42. The summed E-state index contributed by atoms with van der Waals surface area (Å²) in [7, 11) is 0.233. The van der Waals surface area contributed by atoms with E-state index in [9.17, 15) is 13.2 Å². The Labute approximate surface area is 136 Å². The molecule has 0 unspecified atom stereocenters. The monoisotopic (exact) mass is 342 g/mol. The summed E-state index contributed by atoms with van der Waals surface area (Å²) in [4.78, 5) is 21.9. The van der Waals surface area contributed by atoms with Gasteiger partial charge in [0.1, 0.15) is 6.26 Å². The molecule has 3 rings (SSSR count). The van der Waals surface area contributed by atoms with Gasteiger partial charge in [-0.25, -0.2) is 18.2 Å². The fourth-order valence-electron chi connectivity index (χ4n) is 3.40. The zero-order valence-electron chi connectivity index (χ0n) is 13.6. The molecule has 2 saturated heterocycles. The van der Waals surface area contributed by atoms with Gasteiger partial charge in [-0.05, 0) is 0 Å². The van der Waals surface area contributed by atoms with Crippen molar-refractivity contribution in [3.63, 3.8) is 0 Å². The standard InChI is InChI=1S/C14H22N4O4S/c1-10-15-11(7-22-10)6-17-4-5-18(14(19)16(2)3)13-9-23(20,21)8-12(13)17/h7,12-13H,4-6,8-9H2,1-3H3/t12-,13+/m1/s1. The number of oxazole rings is 1. The number of fused-ring (bicyclic) bond motifs is 1. The van der Waals surface area contributed by atoms with Crippen molar-refractivity contribution in [1.82, 2.24) is 19.7 Å². The maximum atomic E-state index is 12.3. The van der Waals surface area contributed by atoms with E-state index in [2.05, 4.69) is 9.88 Å². The number of piperazine rings is 1. The van der Waals surface area contributed by atoms with Crippen LogP contribution in [0.4, 0.5) is 4.79 Å². The second-order valence-corrected chi connectivity index (χ2v) is 8.56. The Bertz CT molecular complexity index is 699. The Morgan fingerprint density at radius 2 is 2.04 bits per heavy atom. The molecular weight excluding hydrogens is 320 g/mol. The number of amides is 2. The second-order valence-electron chi connectivity index (χ2n) is 6.41. The topological polar surface area (TPSA) is 87.0 Å². The number of sulfone groups is 1. The first-order valence-corrected chi connectivity index (χ1v) is 9.42. The number of urea groups is 1. The summed E-state index contributed by atoms with van der Waals surface area (Å²) in [6.07, 6.45) is 1.60. The number of carbonyl (C=O) groups excluding carboxylic acids is 1. The van der Waals surface area contributed by atoms with Crippen molar-refractivity contribution in [2.45, 2.75) is 25.6 Å². The highest BCUT2D eigenvalue weighted by atomic mass is 32.2. The van der Waals surface area contributed by atoms with Gasteiger partial charge in [-0.1, -0.05) is 0 Å². The molecule has 0 saturated carbocycles. The third kappa shape index (κ3) is 3.20. The quantitative estimate of drug-likeness (QED) is 0.749. The van der Waals surface area contributed by atoms with E-state index >= 15 is 0 Å². The number of carbonyl (C=O) groups is 1. The van der Waals surface area contributed by atoms with Gasteiger partial charge in [-0.2, -0.15) is 0 Å². The van der Waals surface area contributed by atoms with E-state index in [1.54, 1.807) is 32.2 Å². The minimum Gasteiger partial charge on any atom is -0.449 e. The molecule has 2 atom stereocenters. The van der Waals surface area contributed by atoms with Gasteiger partial charge in [0.05, 0.1) is 23.2 Å². The molecule has 3 heterocycles. The fraction of sp³-hybridized carbons (Fsp3) is 0.714. The largest absolute Gasteiger partial charge is 0.449 e. The van der Waals surface area contributed by atoms with Crippen molar-refractivity contribution in [2.24, 2.45) is 0 Å². The number of nitrogens with zero attached hydrogens (tertiary/aromatic N) is 4. The summed E-state index contributed by atoms with van der Waals surface area (Å²) < 4.78 is 29.5. The molecule has 128 valence electrons. The van der Waals surface area contributed by atoms with E-state index in [-0.39, 0.29) is 29.6 Å². The lowest BCUT2D eigenvalue weighted by Crippen LogP contribution is -2.61. The van der Waals surface area contributed by atoms with Crippen LogP contribution in [0.5, 0.6) is 0 Å². The average molecular weight is 342 g/mol. The molecule has 0 N–H and O–H groups in total. The van der Waals surface area contributed by atoms with Crippen molar-refractivity contribution in [3.05, 3.63) is 17.8 Å². The van der Waals surface area contributed by atoms with Crippen LogP contribution in [0.1, 0.15) is 11.6 Å². The molecule has 9 heteroatoms. The van der Waals surface area contributed by atoms with Gasteiger partial charge in [-0.3, -0.25) is 4.90 Å². The molecule has 0 aliphatic carbocycles. The zero-order chi connectivity index (χ0) is 16.8. The van der Waals surface area contributed by atoms with Crippen molar-refractivity contribution >= 4 is 15.9 Å². The van der Waals surface area contributed by atoms with E-state index in [1.807, 2.05) is 0 Å². The predicted octanol–water partition coefficient (Wildman–Crippen LogP) is -0.0522. The molecule has 0 aromatic carbocycles. The number of hydrogen-bond acceptors (Lipinski definition) is 6. The third-order valence-corrected chi connectivity index (χ3v) is 6.15. The molecule has 2 fully saturated rings.